The van der Waals surface area contributed by atoms with E-state index in [0.29, 0.717) is 31.6 Å². The Balaban J connectivity index is 1.66. The Morgan fingerprint density at radius 1 is 1.39 bits per heavy atom. The van der Waals surface area contributed by atoms with E-state index in [2.05, 4.69) is 25.9 Å². The van der Waals surface area contributed by atoms with Gasteiger partial charge in [-0.15, -0.1) is 0 Å². The van der Waals surface area contributed by atoms with Crippen LogP contribution >= 0.6 is 0 Å². The summed E-state index contributed by atoms with van der Waals surface area (Å²) in [5.41, 5.74) is 0.0382. The molecule has 0 saturated carbocycles. The smallest absolute Gasteiger partial charge is 0.276 e. The number of amides is 1. The van der Waals surface area contributed by atoms with Crippen LogP contribution in [0.2, 0.25) is 0 Å². The maximum absolute atomic E-state index is 12.3. The van der Waals surface area contributed by atoms with Crippen molar-refractivity contribution < 1.29 is 19.2 Å². The van der Waals surface area contributed by atoms with E-state index in [1.54, 1.807) is 11.0 Å². The molecule has 0 aliphatic carbocycles. The number of piperidine rings is 1. The van der Waals surface area contributed by atoms with Gasteiger partial charge in [0.15, 0.2) is 5.69 Å². The highest BCUT2D eigenvalue weighted by molar-refractivity contribution is 5.92. The van der Waals surface area contributed by atoms with Gasteiger partial charge in [-0.3, -0.25) is 4.79 Å². The molecule has 0 aromatic carbocycles. The number of likely N-dealkylation sites (tertiary alicyclic amines) is 1. The van der Waals surface area contributed by atoms with Gasteiger partial charge in [-0.25, -0.2) is 0 Å². The summed E-state index contributed by atoms with van der Waals surface area (Å²) in [6.45, 7) is 7.68. The molecule has 1 amide bonds. The molecule has 3 rings (SSSR count). The average Bonchev–Trinajstić information content (AvgIpc) is 3.00. The van der Waals surface area contributed by atoms with Crippen LogP contribution < -0.4 is 0 Å². The molecule has 2 saturated heterocycles. The van der Waals surface area contributed by atoms with Gasteiger partial charge in [0.25, 0.3) is 5.91 Å². The number of hydrogen-bond acceptors (Lipinski definition) is 5. The number of aliphatic hydroxyl groups excluding tert-OH is 1. The molecule has 6 nitrogen and oxygen atoms in total. The van der Waals surface area contributed by atoms with Crippen molar-refractivity contribution in [3.8, 4) is 0 Å². The Morgan fingerprint density at radius 3 is 2.65 bits per heavy atom. The summed E-state index contributed by atoms with van der Waals surface area (Å²) in [7, 11) is 0. The van der Waals surface area contributed by atoms with Crippen molar-refractivity contribution in [2.24, 2.45) is 5.41 Å². The quantitative estimate of drug-likeness (QED) is 0.858. The van der Waals surface area contributed by atoms with Crippen LogP contribution in [0.1, 0.15) is 56.9 Å². The molecule has 2 fully saturated rings. The Hall–Kier alpha value is -1.40. The van der Waals surface area contributed by atoms with Gasteiger partial charge < -0.3 is 19.3 Å². The Kier molecular flexibility index (Phi) is 4.23. The van der Waals surface area contributed by atoms with Crippen molar-refractivity contribution in [3.05, 3.63) is 18.0 Å². The topological polar surface area (TPSA) is 75.8 Å². The fourth-order valence-corrected chi connectivity index (χ4v) is 3.61. The zero-order valence-corrected chi connectivity index (χ0v) is 14.1. The Morgan fingerprint density at radius 2 is 2.09 bits per heavy atom. The van der Waals surface area contributed by atoms with E-state index in [-0.39, 0.29) is 29.1 Å². The van der Waals surface area contributed by atoms with Crippen LogP contribution in [0.4, 0.5) is 0 Å². The average molecular weight is 322 g/mol. The monoisotopic (exact) mass is 322 g/mol. The van der Waals surface area contributed by atoms with Gasteiger partial charge >= 0.3 is 0 Å². The molecule has 1 aromatic heterocycles. The predicted octanol–water partition coefficient (Wildman–Crippen LogP) is 2.24. The summed E-state index contributed by atoms with van der Waals surface area (Å²) in [5.74, 6) is -0.0997. The van der Waals surface area contributed by atoms with Crippen LogP contribution in [0.3, 0.4) is 0 Å². The lowest BCUT2D eigenvalue weighted by Gasteiger charge is -2.50. The molecule has 23 heavy (non-hydrogen) atoms. The first kappa shape index (κ1) is 16.5. The van der Waals surface area contributed by atoms with Crippen molar-refractivity contribution in [1.82, 2.24) is 10.1 Å². The number of ether oxygens (including phenoxy) is 1. The van der Waals surface area contributed by atoms with Gasteiger partial charge in [-0.2, -0.15) is 0 Å². The minimum absolute atomic E-state index is 0.00205. The highest BCUT2D eigenvalue weighted by Crippen LogP contribution is 2.42. The van der Waals surface area contributed by atoms with E-state index in [1.165, 1.54) is 6.26 Å². The summed E-state index contributed by atoms with van der Waals surface area (Å²) >= 11 is 0. The summed E-state index contributed by atoms with van der Waals surface area (Å²) in [5, 5.41) is 14.0. The second kappa shape index (κ2) is 5.91. The number of nitrogens with zero attached hydrogens (tertiary/aromatic N) is 2. The number of rotatable bonds is 1. The van der Waals surface area contributed by atoms with Gasteiger partial charge in [0.05, 0.1) is 17.8 Å². The zero-order chi connectivity index (χ0) is 16.7. The summed E-state index contributed by atoms with van der Waals surface area (Å²) < 4.78 is 11.2. The molecule has 2 aliphatic rings. The zero-order valence-electron chi connectivity index (χ0n) is 14.1. The van der Waals surface area contributed by atoms with Crippen LogP contribution in [-0.2, 0) is 4.74 Å². The lowest BCUT2D eigenvalue weighted by atomic mass is 9.76. The van der Waals surface area contributed by atoms with Crippen molar-refractivity contribution in [1.29, 1.82) is 0 Å². The minimum atomic E-state index is -0.328. The second-order valence-electron chi connectivity index (χ2n) is 7.93. The molecule has 1 N–H and O–H groups in total. The van der Waals surface area contributed by atoms with Crippen LogP contribution in [0.5, 0.6) is 0 Å². The third-order valence-corrected chi connectivity index (χ3v) is 5.07. The Bertz CT molecular complexity index is 541. The minimum Gasteiger partial charge on any atom is -0.393 e. The molecule has 128 valence electrons. The van der Waals surface area contributed by atoms with E-state index in [9.17, 15) is 9.90 Å². The largest absolute Gasteiger partial charge is 0.393 e. The lowest BCUT2D eigenvalue weighted by molar-refractivity contribution is -0.205. The first-order valence-corrected chi connectivity index (χ1v) is 8.35. The predicted molar refractivity (Wildman–Crippen MR) is 83.9 cm³/mol. The first-order chi connectivity index (χ1) is 10.8. The molecule has 1 aromatic rings. The Labute approximate surface area is 136 Å². The van der Waals surface area contributed by atoms with Gasteiger partial charge in [0, 0.05) is 32.0 Å². The molecule has 1 spiro atoms. The highest BCUT2D eigenvalue weighted by Gasteiger charge is 2.46. The normalized spacial score (nSPS) is 28.1. The maximum atomic E-state index is 12.3. The number of carbonyl (C=O) groups excluding carboxylic acids is 1. The second-order valence-corrected chi connectivity index (χ2v) is 7.93. The molecule has 2 atom stereocenters. The third-order valence-electron chi connectivity index (χ3n) is 5.07. The van der Waals surface area contributed by atoms with E-state index < -0.39 is 0 Å². The van der Waals surface area contributed by atoms with Crippen molar-refractivity contribution >= 4 is 5.91 Å². The standard InChI is InChI=1S/C17H26N2O4/c1-16(2,3)14-10-12(20)11-17(23-14)5-7-19(8-6-17)15(21)13-4-9-22-18-13/h4,9,12,14,20H,5-8,10-11H2,1-3H3/t12-,14-/m1/s1. The number of carbonyl (C=O) groups is 1. The summed E-state index contributed by atoms with van der Waals surface area (Å²) in [4.78, 5) is 14.1. The van der Waals surface area contributed by atoms with Gasteiger partial charge in [-0.05, 0) is 18.3 Å². The molecule has 0 bridgehead atoms. The maximum Gasteiger partial charge on any atom is 0.276 e. The molecular weight excluding hydrogens is 296 g/mol. The molecule has 2 aliphatic heterocycles. The van der Waals surface area contributed by atoms with Crippen LogP contribution in [-0.4, -0.2) is 52.0 Å². The van der Waals surface area contributed by atoms with E-state index >= 15 is 0 Å². The van der Waals surface area contributed by atoms with E-state index in [0.717, 1.165) is 12.8 Å². The van der Waals surface area contributed by atoms with Crippen molar-refractivity contribution in [3.63, 3.8) is 0 Å². The fourth-order valence-electron chi connectivity index (χ4n) is 3.61. The van der Waals surface area contributed by atoms with Crippen molar-refractivity contribution in [2.45, 2.75) is 64.3 Å². The highest BCUT2D eigenvalue weighted by atomic mass is 16.5. The van der Waals surface area contributed by atoms with Gasteiger partial charge in [0.2, 0.25) is 0 Å². The third kappa shape index (κ3) is 3.43. The SMILES string of the molecule is CC(C)(C)[C@H]1C[C@@H](O)CC2(CCN(C(=O)c3ccon3)CC2)O1. The summed E-state index contributed by atoms with van der Waals surface area (Å²) in [6, 6.07) is 1.59. The molecule has 0 radical (unpaired) electrons. The lowest BCUT2D eigenvalue weighted by Crippen LogP contribution is -2.55. The van der Waals surface area contributed by atoms with Gasteiger partial charge in [0.1, 0.15) is 6.26 Å². The molecular formula is C17H26N2O4. The fraction of sp³-hybridized carbons (Fsp3) is 0.765. The number of aromatic nitrogens is 1. The number of aliphatic hydroxyl groups is 1. The van der Waals surface area contributed by atoms with Gasteiger partial charge in [-0.1, -0.05) is 25.9 Å². The molecule has 6 heteroatoms. The number of hydrogen-bond donors (Lipinski definition) is 1. The van der Waals surface area contributed by atoms with Crippen molar-refractivity contribution in [2.75, 3.05) is 13.1 Å². The molecule has 3 heterocycles. The van der Waals surface area contributed by atoms with E-state index in [1.807, 2.05) is 0 Å². The van der Waals surface area contributed by atoms with Crippen LogP contribution in [0.25, 0.3) is 0 Å². The van der Waals surface area contributed by atoms with Crippen LogP contribution in [0, 0.1) is 5.41 Å². The summed E-state index contributed by atoms with van der Waals surface area (Å²) in [6.07, 6.45) is 3.97. The van der Waals surface area contributed by atoms with Crippen LogP contribution in [0.15, 0.2) is 16.9 Å². The van der Waals surface area contributed by atoms with E-state index in [4.69, 9.17) is 9.26 Å². The molecule has 0 unspecified atom stereocenters. The first-order valence-electron chi connectivity index (χ1n) is 8.35.